The SMILES string of the molecule is CCOC(=O)[C@]1(C)N[C@H](c2ccco2)[C@H]2C(=O)N(c3ccccc3)C(=O)[C@H]21. The number of esters is 1. The molecule has 7 nitrogen and oxygen atoms in total. The van der Waals surface area contributed by atoms with E-state index in [0.717, 1.165) is 0 Å². The van der Waals surface area contributed by atoms with E-state index in [2.05, 4.69) is 5.32 Å². The topological polar surface area (TPSA) is 88.8 Å². The molecule has 0 bridgehead atoms. The lowest BCUT2D eigenvalue weighted by atomic mass is 9.81. The molecule has 2 amide bonds. The Balaban J connectivity index is 1.81. The van der Waals surface area contributed by atoms with Gasteiger partial charge in [-0.3, -0.25) is 19.7 Å². The summed E-state index contributed by atoms with van der Waals surface area (Å²) >= 11 is 0. The number of ether oxygens (including phenoxy) is 1. The number of amides is 2. The van der Waals surface area contributed by atoms with Crippen molar-refractivity contribution >= 4 is 23.5 Å². The van der Waals surface area contributed by atoms with Crippen molar-refractivity contribution in [1.82, 2.24) is 5.32 Å². The maximum absolute atomic E-state index is 13.3. The largest absolute Gasteiger partial charge is 0.468 e. The number of imide groups is 1. The van der Waals surface area contributed by atoms with Crippen LogP contribution in [-0.2, 0) is 19.1 Å². The van der Waals surface area contributed by atoms with Gasteiger partial charge < -0.3 is 9.15 Å². The molecule has 27 heavy (non-hydrogen) atoms. The second-order valence-corrected chi connectivity index (χ2v) is 6.91. The molecule has 4 rings (SSSR count). The average Bonchev–Trinajstić information content (AvgIpc) is 3.34. The molecule has 7 heteroatoms. The molecule has 3 heterocycles. The van der Waals surface area contributed by atoms with Crippen LogP contribution in [-0.4, -0.2) is 29.9 Å². The maximum Gasteiger partial charge on any atom is 0.326 e. The van der Waals surface area contributed by atoms with Crippen molar-refractivity contribution in [2.75, 3.05) is 11.5 Å². The maximum atomic E-state index is 13.3. The molecule has 2 saturated heterocycles. The number of nitrogens with zero attached hydrogens (tertiary/aromatic N) is 1. The summed E-state index contributed by atoms with van der Waals surface area (Å²) in [6.45, 7) is 3.50. The van der Waals surface area contributed by atoms with Gasteiger partial charge in [-0.15, -0.1) is 0 Å². The Morgan fingerprint density at radius 3 is 2.56 bits per heavy atom. The summed E-state index contributed by atoms with van der Waals surface area (Å²) in [5.74, 6) is -2.43. The van der Waals surface area contributed by atoms with E-state index in [1.165, 1.54) is 11.2 Å². The summed E-state index contributed by atoms with van der Waals surface area (Å²) in [6, 6.07) is 11.6. The third-order valence-electron chi connectivity index (χ3n) is 5.35. The molecular formula is C20H20N2O5. The van der Waals surface area contributed by atoms with Crippen LogP contribution in [0.2, 0.25) is 0 Å². The number of hydrogen-bond donors (Lipinski definition) is 1. The standard InChI is InChI=1S/C20H20N2O5/c1-3-26-19(25)20(2)15-14(16(21-20)13-10-7-11-27-13)17(23)22(18(15)24)12-8-5-4-6-9-12/h4-11,14-16,21H,3H2,1-2H3/t14-,15-,16+,20+/m0/s1. The van der Waals surface area contributed by atoms with Gasteiger partial charge in [0.1, 0.15) is 11.3 Å². The Bertz CT molecular complexity index is 879. The van der Waals surface area contributed by atoms with E-state index in [9.17, 15) is 14.4 Å². The average molecular weight is 368 g/mol. The summed E-state index contributed by atoms with van der Waals surface area (Å²) in [4.78, 5) is 40.4. The van der Waals surface area contributed by atoms with Crippen LogP contribution >= 0.6 is 0 Å². The molecule has 2 fully saturated rings. The first-order valence-corrected chi connectivity index (χ1v) is 8.90. The summed E-state index contributed by atoms with van der Waals surface area (Å²) in [5.41, 5.74) is -0.833. The van der Waals surface area contributed by atoms with Gasteiger partial charge in [0.25, 0.3) is 0 Å². The molecule has 0 radical (unpaired) electrons. The first kappa shape index (κ1) is 17.5. The van der Waals surface area contributed by atoms with Crippen LogP contribution in [0.3, 0.4) is 0 Å². The molecular weight excluding hydrogens is 348 g/mol. The molecule has 1 aromatic heterocycles. The Hall–Kier alpha value is -2.93. The van der Waals surface area contributed by atoms with Gasteiger partial charge in [0.15, 0.2) is 0 Å². The molecule has 2 aliphatic heterocycles. The highest BCUT2D eigenvalue weighted by Crippen LogP contribution is 2.49. The Morgan fingerprint density at radius 2 is 1.93 bits per heavy atom. The van der Waals surface area contributed by atoms with Crippen LogP contribution in [0.25, 0.3) is 0 Å². The lowest BCUT2D eigenvalue weighted by Crippen LogP contribution is -2.54. The normalized spacial score (nSPS) is 29.9. The van der Waals surface area contributed by atoms with Gasteiger partial charge in [0.05, 0.1) is 36.4 Å². The van der Waals surface area contributed by atoms with Crippen molar-refractivity contribution < 1.29 is 23.5 Å². The van der Waals surface area contributed by atoms with E-state index in [4.69, 9.17) is 9.15 Å². The first-order valence-electron chi connectivity index (χ1n) is 8.90. The van der Waals surface area contributed by atoms with Crippen molar-refractivity contribution in [3.8, 4) is 0 Å². The van der Waals surface area contributed by atoms with Crippen LogP contribution in [0.5, 0.6) is 0 Å². The number of para-hydroxylation sites is 1. The molecule has 4 atom stereocenters. The molecule has 2 aliphatic rings. The summed E-state index contributed by atoms with van der Waals surface area (Å²) in [5, 5.41) is 3.15. The lowest BCUT2D eigenvalue weighted by Gasteiger charge is -2.28. The van der Waals surface area contributed by atoms with E-state index in [0.29, 0.717) is 11.4 Å². The van der Waals surface area contributed by atoms with Crippen LogP contribution in [0, 0.1) is 11.8 Å². The zero-order valence-electron chi connectivity index (χ0n) is 15.0. The minimum absolute atomic E-state index is 0.184. The van der Waals surface area contributed by atoms with Crippen molar-refractivity contribution in [2.45, 2.75) is 25.4 Å². The highest BCUT2D eigenvalue weighted by atomic mass is 16.5. The van der Waals surface area contributed by atoms with Gasteiger partial charge in [0, 0.05) is 0 Å². The quantitative estimate of drug-likeness (QED) is 0.656. The molecule has 1 N–H and O–H groups in total. The Kier molecular flexibility index (Phi) is 4.11. The minimum atomic E-state index is -1.32. The summed E-state index contributed by atoms with van der Waals surface area (Å²) in [6.07, 6.45) is 1.50. The number of furan rings is 1. The predicted octanol–water partition coefficient (Wildman–Crippen LogP) is 2.05. The molecule has 0 aliphatic carbocycles. The number of fused-ring (bicyclic) bond motifs is 1. The Morgan fingerprint density at radius 1 is 1.19 bits per heavy atom. The number of nitrogens with one attached hydrogen (secondary N) is 1. The van der Waals surface area contributed by atoms with Crippen molar-refractivity contribution in [3.63, 3.8) is 0 Å². The molecule has 0 saturated carbocycles. The number of carbonyl (C=O) groups is 3. The van der Waals surface area contributed by atoms with Gasteiger partial charge in [-0.25, -0.2) is 4.90 Å². The van der Waals surface area contributed by atoms with E-state index in [-0.39, 0.29) is 12.5 Å². The van der Waals surface area contributed by atoms with Gasteiger partial charge >= 0.3 is 5.97 Å². The Labute approximate surface area is 156 Å². The molecule has 1 aromatic carbocycles. The fourth-order valence-electron chi connectivity index (χ4n) is 4.15. The highest BCUT2D eigenvalue weighted by molar-refractivity contribution is 6.24. The molecule has 140 valence electrons. The third kappa shape index (κ3) is 2.49. The fraction of sp³-hybridized carbons (Fsp3) is 0.350. The van der Waals surface area contributed by atoms with E-state index < -0.39 is 35.3 Å². The molecule has 0 unspecified atom stereocenters. The van der Waals surface area contributed by atoms with Gasteiger partial charge in [-0.05, 0) is 38.1 Å². The second kappa shape index (κ2) is 6.35. The van der Waals surface area contributed by atoms with E-state index >= 15 is 0 Å². The summed E-state index contributed by atoms with van der Waals surface area (Å²) < 4.78 is 10.7. The number of carbonyl (C=O) groups excluding carboxylic acids is 3. The van der Waals surface area contributed by atoms with Crippen LogP contribution < -0.4 is 10.2 Å². The fourth-order valence-corrected chi connectivity index (χ4v) is 4.15. The van der Waals surface area contributed by atoms with E-state index in [1.54, 1.807) is 50.2 Å². The van der Waals surface area contributed by atoms with Crippen LogP contribution in [0.1, 0.15) is 25.6 Å². The molecule has 2 aromatic rings. The van der Waals surface area contributed by atoms with Crippen LogP contribution in [0.15, 0.2) is 53.1 Å². The van der Waals surface area contributed by atoms with Gasteiger partial charge in [-0.2, -0.15) is 0 Å². The summed E-state index contributed by atoms with van der Waals surface area (Å²) in [7, 11) is 0. The molecule has 0 spiro atoms. The number of rotatable bonds is 4. The van der Waals surface area contributed by atoms with Gasteiger partial charge in [0.2, 0.25) is 11.8 Å². The number of benzene rings is 1. The third-order valence-corrected chi connectivity index (χ3v) is 5.35. The smallest absolute Gasteiger partial charge is 0.326 e. The monoisotopic (exact) mass is 368 g/mol. The predicted molar refractivity (Wildman–Crippen MR) is 95.5 cm³/mol. The minimum Gasteiger partial charge on any atom is -0.468 e. The zero-order chi connectivity index (χ0) is 19.2. The van der Waals surface area contributed by atoms with E-state index in [1.807, 2.05) is 6.07 Å². The zero-order valence-corrected chi connectivity index (χ0v) is 15.0. The second-order valence-electron chi connectivity index (χ2n) is 6.91. The van der Waals surface area contributed by atoms with Crippen LogP contribution in [0.4, 0.5) is 5.69 Å². The first-order chi connectivity index (χ1) is 13.0. The van der Waals surface area contributed by atoms with Crippen molar-refractivity contribution in [1.29, 1.82) is 0 Å². The number of hydrogen-bond acceptors (Lipinski definition) is 6. The number of anilines is 1. The lowest BCUT2D eigenvalue weighted by molar-refractivity contribution is -0.153. The highest BCUT2D eigenvalue weighted by Gasteiger charge is 2.67. The van der Waals surface area contributed by atoms with Crippen molar-refractivity contribution in [3.05, 3.63) is 54.5 Å². The van der Waals surface area contributed by atoms with Crippen molar-refractivity contribution in [2.24, 2.45) is 11.8 Å². The van der Waals surface area contributed by atoms with Gasteiger partial charge in [-0.1, -0.05) is 18.2 Å².